The van der Waals surface area contributed by atoms with E-state index < -0.39 is 0 Å². The van der Waals surface area contributed by atoms with E-state index in [1.807, 2.05) is 38.2 Å². The number of halogens is 1. The van der Waals surface area contributed by atoms with E-state index in [-0.39, 0.29) is 12.2 Å². The third-order valence-electron chi connectivity index (χ3n) is 3.57. The number of nitrogens with zero attached hydrogens (tertiary/aromatic N) is 2. The van der Waals surface area contributed by atoms with Gasteiger partial charge in [0.1, 0.15) is 5.15 Å². The van der Waals surface area contributed by atoms with Gasteiger partial charge < -0.3 is 5.32 Å². The van der Waals surface area contributed by atoms with E-state index in [1.165, 1.54) is 0 Å². The Balaban J connectivity index is 2.24. The quantitative estimate of drug-likeness (QED) is 0.834. The number of carbonyl (C=O) groups excluding carboxylic acids is 1. The van der Waals surface area contributed by atoms with Gasteiger partial charge in [0.25, 0.3) is 0 Å². The van der Waals surface area contributed by atoms with Gasteiger partial charge in [-0.1, -0.05) is 35.9 Å². The van der Waals surface area contributed by atoms with Crippen molar-refractivity contribution in [1.82, 2.24) is 15.1 Å². The lowest BCUT2D eigenvalue weighted by molar-refractivity contribution is 0.0992. The smallest absolute Gasteiger partial charge is 0.167 e. The van der Waals surface area contributed by atoms with Crippen molar-refractivity contribution in [3.8, 4) is 0 Å². The summed E-state index contributed by atoms with van der Waals surface area (Å²) in [5.74, 6) is 0.0831. The average Bonchev–Trinajstić information content (AvgIpc) is 2.72. The molecule has 0 unspecified atom stereocenters. The molecule has 4 nitrogen and oxygen atoms in total. The van der Waals surface area contributed by atoms with E-state index >= 15 is 0 Å². The molecule has 0 bridgehead atoms. The summed E-state index contributed by atoms with van der Waals surface area (Å²) in [6.07, 6.45) is 1.12. The molecule has 0 saturated heterocycles. The standard InChI is InChI=1S/C16H20ClN3O/c1-11-14(16(17)20(3)19-11)10-15(21)13-7-5-4-6-12(13)8-9-18-2/h4-7,18H,8-10H2,1-3H3. The van der Waals surface area contributed by atoms with Crippen LogP contribution in [0.4, 0.5) is 0 Å². The molecule has 0 radical (unpaired) electrons. The van der Waals surface area contributed by atoms with Gasteiger partial charge in [-0.05, 0) is 32.5 Å². The first-order chi connectivity index (χ1) is 10.0. The fourth-order valence-electron chi connectivity index (χ4n) is 2.40. The van der Waals surface area contributed by atoms with Gasteiger partial charge in [-0.3, -0.25) is 9.48 Å². The van der Waals surface area contributed by atoms with Crippen molar-refractivity contribution in [3.05, 3.63) is 51.8 Å². The highest BCUT2D eigenvalue weighted by Crippen LogP contribution is 2.21. The maximum Gasteiger partial charge on any atom is 0.167 e. The summed E-state index contributed by atoms with van der Waals surface area (Å²) in [6.45, 7) is 2.72. The van der Waals surface area contributed by atoms with E-state index in [9.17, 15) is 4.79 Å². The number of aromatic nitrogens is 2. The van der Waals surface area contributed by atoms with Crippen LogP contribution in [-0.4, -0.2) is 29.2 Å². The van der Waals surface area contributed by atoms with Crippen molar-refractivity contribution in [3.63, 3.8) is 0 Å². The highest BCUT2D eigenvalue weighted by atomic mass is 35.5. The molecule has 1 N–H and O–H groups in total. The number of likely N-dealkylation sites (N-methyl/N-ethyl adjacent to an activating group) is 1. The van der Waals surface area contributed by atoms with E-state index in [4.69, 9.17) is 11.6 Å². The van der Waals surface area contributed by atoms with Crippen LogP contribution in [0.1, 0.15) is 27.2 Å². The minimum absolute atomic E-state index is 0.0831. The molecule has 0 fully saturated rings. The Morgan fingerprint density at radius 3 is 2.71 bits per heavy atom. The van der Waals surface area contributed by atoms with Crippen molar-refractivity contribution in [2.45, 2.75) is 19.8 Å². The third kappa shape index (κ3) is 3.52. The van der Waals surface area contributed by atoms with Crippen molar-refractivity contribution in [1.29, 1.82) is 0 Å². The van der Waals surface area contributed by atoms with Crippen LogP contribution in [0.5, 0.6) is 0 Å². The highest BCUT2D eigenvalue weighted by Gasteiger charge is 2.17. The Bertz CT molecular complexity index is 649. The Morgan fingerprint density at radius 1 is 1.38 bits per heavy atom. The lowest BCUT2D eigenvalue weighted by atomic mass is 9.97. The monoisotopic (exact) mass is 305 g/mol. The molecule has 0 atom stereocenters. The number of Topliss-reactive ketones (excluding diaryl/α,β-unsaturated/α-hetero) is 1. The largest absolute Gasteiger partial charge is 0.319 e. The molecule has 0 spiro atoms. The zero-order valence-corrected chi connectivity index (χ0v) is 13.4. The Kier molecular flexibility index (Phi) is 5.15. The predicted octanol–water partition coefficient (Wildman–Crippen LogP) is 2.57. The van der Waals surface area contributed by atoms with Crippen LogP contribution < -0.4 is 5.32 Å². The minimum Gasteiger partial charge on any atom is -0.319 e. The van der Waals surface area contributed by atoms with Gasteiger partial charge >= 0.3 is 0 Å². The van der Waals surface area contributed by atoms with Crippen molar-refractivity contribution >= 4 is 17.4 Å². The Hall–Kier alpha value is -1.65. The second kappa shape index (κ2) is 6.87. The number of hydrogen-bond donors (Lipinski definition) is 1. The first-order valence-electron chi connectivity index (χ1n) is 6.98. The van der Waals surface area contributed by atoms with Crippen LogP contribution >= 0.6 is 11.6 Å². The third-order valence-corrected chi connectivity index (χ3v) is 4.04. The molecule has 0 saturated carbocycles. The first kappa shape index (κ1) is 15.7. The molecule has 1 aromatic heterocycles. The topological polar surface area (TPSA) is 46.9 Å². The summed E-state index contributed by atoms with van der Waals surface area (Å²) in [5.41, 5.74) is 3.46. The SMILES string of the molecule is CNCCc1ccccc1C(=O)Cc1c(C)nn(C)c1Cl. The van der Waals surface area contributed by atoms with Crippen LogP contribution in [0.3, 0.4) is 0 Å². The van der Waals surface area contributed by atoms with Crippen LogP contribution in [0.2, 0.25) is 5.15 Å². The molecule has 1 heterocycles. The van der Waals surface area contributed by atoms with Crippen LogP contribution in [0, 0.1) is 6.92 Å². The van der Waals surface area contributed by atoms with Crippen LogP contribution in [0.25, 0.3) is 0 Å². The molecule has 2 rings (SSSR count). The molecule has 0 amide bonds. The number of ketones is 1. The van der Waals surface area contributed by atoms with Gasteiger partial charge in [0.15, 0.2) is 5.78 Å². The van der Waals surface area contributed by atoms with E-state index in [0.29, 0.717) is 5.15 Å². The summed E-state index contributed by atoms with van der Waals surface area (Å²) in [6, 6.07) is 7.74. The summed E-state index contributed by atoms with van der Waals surface area (Å²) in [7, 11) is 3.69. The fraction of sp³-hybridized carbons (Fsp3) is 0.375. The molecule has 0 aliphatic rings. The summed E-state index contributed by atoms with van der Waals surface area (Å²) >= 11 is 6.21. The zero-order valence-electron chi connectivity index (χ0n) is 12.6. The molecule has 5 heteroatoms. The molecular formula is C16H20ClN3O. The maximum absolute atomic E-state index is 12.6. The normalized spacial score (nSPS) is 10.9. The van der Waals surface area contributed by atoms with E-state index in [2.05, 4.69) is 10.4 Å². The number of hydrogen-bond acceptors (Lipinski definition) is 3. The number of benzene rings is 1. The lowest BCUT2D eigenvalue weighted by Gasteiger charge is -2.08. The second-order valence-electron chi connectivity index (χ2n) is 5.09. The second-order valence-corrected chi connectivity index (χ2v) is 5.45. The molecule has 0 aliphatic carbocycles. The van der Waals surface area contributed by atoms with Gasteiger partial charge in [0.2, 0.25) is 0 Å². The van der Waals surface area contributed by atoms with Gasteiger partial charge in [-0.15, -0.1) is 0 Å². The van der Waals surface area contributed by atoms with Crippen molar-refractivity contribution < 1.29 is 4.79 Å². The van der Waals surface area contributed by atoms with Gasteiger partial charge in [-0.25, -0.2) is 0 Å². The number of nitrogens with one attached hydrogen (secondary N) is 1. The average molecular weight is 306 g/mol. The maximum atomic E-state index is 12.6. The predicted molar refractivity (Wildman–Crippen MR) is 85.1 cm³/mol. The van der Waals surface area contributed by atoms with Gasteiger partial charge in [-0.2, -0.15) is 5.10 Å². The molecule has 0 aliphatic heterocycles. The number of carbonyl (C=O) groups is 1. The van der Waals surface area contributed by atoms with Crippen molar-refractivity contribution in [2.24, 2.45) is 7.05 Å². The molecule has 21 heavy (non-hydrogen) atoms. The fourth-order valence-corrected chi connectivity index (χ4v) is 2.64. The lowest BCUT2D eigenvalue weighted by Crippen LogP contribution is -2.14. The molecular weight excluding hydrogens is 286 g/mol. The number of rotatable bonds is 6. The summed E-state index contributed by atoms with van der Waals surface area (Å²) < 4.78 is 1.60. The summed E-state index contributed by atoms with van der Waals surface area (Å²) in [5, 5.41) is 7.90. The van der Waals surface area contributed by atoms with Gasteiger partial charge in [0.05, 0.1) is 5.69 Å². The van der Waals surface area contributed by atoms with Gasteiger partial charge in [0, 0.05) is 24.6 Å². The molecule has 1 aromatic carbocycles. The number of aryl methyl sites for hydroxylation is 2. The van der Waals surface area contributed by atoms with E-state index in [0.717, 1.165) is 35.3 Å². The van der Waals surface area contributed by atoms with Crippen molar-refractivity contribution in [2.75, 3.05) is 13.6 Å². The summed E-state index contributed by atoms with van der Waals surface area (Å²) in [4.78, 5) is 12.6. The zero-order chi connectivity index (χ0) is 15.4. The Morgan fingerprint density at radius 2 is 2.10 bits per heavy atom. The van der Waals surface area contributed by atoms with Crippen LogP contribution in [-0.2, 0) is 19.9 Å². The van der Waals surface area contributed by atoms with E-state index in [1.54, 1.807) is 11.7 Å². The first-order valence-corrected chi connectivity index (χ1v) is 7.36. The van der Waals surface area contributed by atoms with Crippen LogP contribution in [0.15, 0.2) is 24.3 Å². The molecule has 2 aromatic rings. The Labute approximate surface area is 130 Å². The highest BCUT2D eigenvalue weighted by molar-refractivity contribution is 6.30. The minimum atomic E-state index is 0.0831. The molecule has 112 valence electrons.